The molecule has 5 N–H and O–H groups in total. The molecule has 0 aromatic carbocycles. The van der Waals surface area contributed by atoms with Gasteiger partial charge in [-0.05, 0) is 12.3 Å². The van der Waals surface area contributed by atoms with E-state index in [0.29, 0.717) is 6.42 Å². The first-order chi connectivity index (χ1) is 10.2. The van der Waals surface area contributed by atoms with Crippen molar-refractivity contribution in [2.45, 2.75) is 13.3 Å². The molecular weight excluding hydrogens is 304 g/mol. The molecule has 0 fully saturated rings. The van der Waals surface area contributed by atoms with E-state index in [1.54, 1.807) is 6.08 Å². The van der Waals surface area contributed by atoms with Gasteiger partial charge in [0.2, 0.25) is 0 Å². The minimum Gasteiger partial charge on any atom is -0.449 e. The number of aliphatic hydroxyl groups is 3. The highest BCUT2D eigenvalue weighted by atomic mass is 16.8. The van der Waals surface area contributed by atoms with Crippen LogP contribution in [0.4, 0.5) is 14.4 Å². The molecule has 1 atom stereocenters. The molecule has 10 nitrogen and oxygen atoms in total. The average Bonchev–Trinajstić information content (AvgIpc) is 2.40. The molecule has 128 valence electrons. The van der Waals surface area contributed by atoms with Crippen LogP contribution in [0.5, 0.6) is 0 Å². The number of allylic oxidation sites excluding steroid dienone is 1. The number of carbonyl (C=O) groups is 3. The van der Waals surface area contributed by atoms with Gasteiger partial charge in [-0.25, -0.2) is 14.4 Å². The molecule has 0 aromatic rings. The van der Waals surface area contributed by atoms with E-state index in [-0.39, 0.29) is 25.7 Å². The molecule has 0 rings (SSSR count). The zero-order valence-corrected chi connectivity index (χ0v) is 12.0. The summed E-state index contributed by atoms with van der Waals surface area (Å²) < 4.78 is 6.47. The van der Waals surface area contributed by atoms with Crippen LogP contribution in [-0.4, -0.2) is 63.8 Å². The van der Waals surface area contributed by atoms with Gasteiger partial charge in [0, 0.05) is 5.41 Å². The van der Waals surface area contributed by atoms with Gasteiger partial charge in [-0.15, -0.1) is 6.58 Å². The molecule has 22 heavy (non-hydrogen) atoms. The third-order valence-corrected chi connectivity index (χ3v) is 2.85. The maximum atomic E-state index is 9.86. The van der Waals surface area contributed by atoms with Crippen molar-refractivity contribution in [3.8, 4) is 0 Å². The Morgan fingerprint density at radius 2 is 1.41 bits per heavy atom. The summed E-state index contributed by atoms with van der Waals surface area (Å²) in [4.78, 5) is 28.8. The summed E-state index contributed by atoms with van der Waals surface area (Å²) in [5, 5.41) is 42.4. The predicted molar refractivity (Wildman–Crippen MR) is 71.3 cm³/mol. The molecule has 0 aliphatic carbocycles. The minimum atomic E-state index is -1.92. The molecule has 0 aliphatic rings. The zero-order chi connectivity index (χ0) is 17.8. The number of rotatable bonds is 6. The zero-order valence-electron chi connectivity index (χ0n) is 12.0. The molecular formula is C12H20O10. The summed E-state index contributed by atoms with van der Waals surface area (Å²) in [5.74, 6) is 0.0370. The van der Waals surface area contributed by atoms with Crippen molar-refractivity contribution < 1.29 is 49.4 Å². The standard InChI is InChI=1S/C9H18O3.C3H2O7/c1-3-4-8(2)9(5-10,6-11)7-12;4-1(5)9-3(8)10-2(6)7/h3,8,10-12H,1,4-7H2,2H3;(H,4,5)(H,6,7). The van der Waals surface area contributed by atoms with Gasteiger partial charge in [-0.1, -0.05) is 13.0 Å². The summed E-state index contributed by atoms with van der Waals surface area (Å²) >= 11 is 0. The van der Waals surface area contributed by atoms with Crippen molar-refractivity contribution in [1.82, 2.24) is 0 Å². The van der Waals surface area contributed by atoms with E-state index in [1.165, 1.54) is 0 Å². The molecule has 1 unspecified atom stereocenters. The Hall–Kier alpha value is -2.17. The van der Waals surface area contributed by atoms with Gasteiger partial charge in [0.15, 0.2) is 0 Å². The van der Waals surface area contributed by atoms with Crippen LogP contribution in [-0.2, 0) is 9.47 Å². The third-order valence-electron chi connectivity index (χ3n) is 2.85. The molecule has 0 heterocycles. The Balaban J connectivity index is 0. The predicted octanol–water partition coefficient (Wildman–Crippen LogP) is 0.658. The normalized spacial score (nSPS) is 11.5. The van der Waals surface area contributed by atoms with Crippen LogP contribution >= 0.6 is 0 Å². The van der Waals surface area contributed by atoms with Crippen LogP contribution in [0.3, 0.4) is 0 Å². The molecule has 0 spiro atoms. The van der Waals surface area contributed by atoms with E-state index in [1.807, 2.05) is 6.92 Å². The molecule has 0 amide bonds. The van der Waals surface area contributed by atoms with Crippen molar-refractivity contribution >= 4 is 18.5 Å². The van der Waals surface area contributed by atoms with Gasteiger partial charge < -0.3 is 35.0 Å². The SMILES string of the molecule is C=CCC(C)C(CO)(CO)CO.O=C(O)OC(=O)OC(=O)O. The summed E-state index contributed by atoms with van der Waals surface area (Å²) in [7, 11) is 0. The monoisotopic (exact) mass is 324 g/mol. The lowest BCUT2D eigenvalue weighted by atomic mass is 9.76. The Morgan fingerprint density at radius 3 is 1.64 bits per heavy atom. The topological polar surface area (TPSA) is 171 Å². The Morgan fingerprint density at radius 1 is 1.05 bits per heavy atom. The molecule has 0 bridgehead atoms. The third kappa shape index (κ3) is 8.89. The molecule has 10 heteroatoms. The fourth-order valence-corrected chi connectivity index (χ4v) is 1.28. The Labute approximate surface area is 126 Å². The number of ether oxygens (including phenoxy) is 2. The highest BCUT2D eigenvalue weighted by Gasteiger charge is 2.33. The lowest BCUT2D eigenvalue weighted by Gasteiger charge is -2.33. The highest BCUT2D eigenvalue weighted by Crippen LogP contribution is 2.28. The minimum absolute atomic E-state index is 0.0370. The van der Waals surface area contributed by atoms with E-state index in [0.717, 1.165) is 0 Å². The number of carbonyl (C=O) groups excluding carboxylic acids is 1. The number of carboxylic acid groups (broad SMARTS) is 2. The fourth-order valence-electron chi connectivity index (χ4n) is 1.28. The van der Waals surface area contributed by atoms with Crippen LogP contribution in [0.15, 0.2) is 12.7 Å². The molecule has 0 radical (unpaired) electrons. The molecule has 0 saturated heterocycles. The highest BCUT2D eigenvalue weighted by molar-refractivity contribution is 5.82. The van der Waals surface area contributed by atoms with Gasteiger partial charge in [-0.2, -0.15) is 0 Å². The van der Waals surface area contributed by atoms with E-state index in [4.69, 9.17) is 25.5 Å². The van der Waals surface area contributed by atoms with Crippen LogP contribution in [0.25, 0.3) is 0 Å². The fraction of sp³-hybridized carbons (Fsp3) is 0.583. The van der Waals surface area contributed by atoms with Gasteiger partial charge in [0.05, 0.1) is 19.8 Å². The van der Waals surface area contributed by atoms with E-state index in [2.05, 4.69) is 16.1 Å². The lowest BCUT2D eigenvalue weighted by Crippen LogP contribution is -2.40. The summed E-state index contributed by atoms with van der Waals surface area (Å²) in [5.41, 5.74) is -0.770. The summed E-state index contributed by atoms with van der Waals surface area (Å²) in [6, 6.07) is 0. The Kier molecular flexibility index (Phi) is 11.5. The lowest BCUT2D eigenvalue weighted by molar-refractivity contribution is -0.0323. The average molecular weight is 324 g/mol. The molecule has 0 aliphatic heterocycles. The maximum absolute atomic E-state index is 9.86. The van der Waals surface area contributed by atoms with E-state index in [9.17, 15) is 14.4 Å². The van der Waals surface area contributed by atoms with Crippen molar-refractivity contribution in [1.29, 1.82) is 0 Å². The number of hydrogen-bond donors (Lipinski definition) is 5. The maximum Gasteiger partial charge on any atom is 0.528 e. The second-order valence-electron chi connectivity index (χ2n) is 4.25. The van der Waals surface area contributed by atoms with Crippen LogP contribution in [0, 0.1) is 11.3 Å². The van der Waals surface area contributed by atoms with Crippen LogP contribution in [0.1, 0.15) is 13.3 Å². The van der Waals surface area contributed by atoms with Gasteiger partial charge in [-0.3, -0.25) is 0 Å². The van der Waals surface area contributed by atoms with Crippen LogP contribution < -0.4 is 0 Å². The summed E-state index contributed by atoms with van der Waals surface area (Å²) in [6.45, 7) is 4.85. The number of hydrogen-bond acceptors (Lipinski definition) is 8. The first kappa shape index (κ1) is 22.1. The first-order valence-electron chi connectivity index (χ1n) is 5.98. The summed E-state index contributed by atoms with van der Waals surface area (Å²) in [6.07, 6.45) is -3.24. The van der Waals surface area contributed by atoms with Crippen molar-refractivity contribution in [3.05, 3.63) is 12.7 Å². The quantitative estimate of drug-likeness (QED) is 0.265. The second-order valence-corrected chi connectivity index (χ2v) is 4.25. The van der Waals surface area contributed by atoms with Crippen molar-refractivity contribution in [2.75, 3.05) is 19.8 Å². The van der Waals surface area contributed by atoms with Crippen molar-refractivity contribution in [2.24, 2.45) is 11.3 Å². The largest absolute Gasteiger partial charge is 0.528 e. The number of aliphatic hydroxyl groups excluding tert-OH is 3. The van der Waals surface area contributed by atoms with Gasteiger partial charge >= 0.3 is 18.5 Å². The van der Waals surface area contributed by atoms with Gasteiger partial charge in [0.1, 0.15) is 0 Å². The van der Waals surface area contributed by atoms with Crippen molar-refractivity contribution in [3.63, 3.8) is 0 Å². The molecule has 0 aromatic heterocycles. The van der Waals surface area contributed by atoms with E-state index < -0.39 is 23.9 Å². The smallest absolute Gasteiger partial charge is 0.449 e. The van der Waals surface area contributed by atoms with Crippen LogP contribution in [0.2, 0.25) is 0 Å². The Bertz CT molecular complexity index is 348. The van der Waals surface area contributed by atoms with E-state index >= 15 is 0 Å². The first-order valence-corrected chi connectivity index (χ1v) is 5.98. The molecule has 0 saturated carbocycles. The second kappa shape index (κ2) is 11.5. The van der Waals surface area contributed by atoms with Gasteiger partial charge in [0.25, 0.3) is 0 Å².